The van der Waals surface area contributed by atoms with Gasteiger partial charge in [-0.25, -0.2) is 0 Å². The van der Waals surface area contributed by atoms with Crippen molar-refractivity contribution in [3.63, 3.8) is 0 Å². The molecule has 1 aliphatic rings. The van der Waals surface area contributed by atoms with Crippen LogP contribution in [0.3, 0.4) is 0 Å². The van der Waals surface area contributed by atoms with Crippen molar-refractivity contribution in [2.45, 2.75) is 31.2 Å². The highest BCUT2D eigenvalue weighted by Crippen LogP contribution is 2.29. The van der Waals surface area contributed by atoms with Crippen LogP contribution in [0.4, 0.5) is 5.69 Å². The normalized spacial score (nSPS) is 17.3. The summed E-state index contributed by atoms with van der Waals surface area (Å²) in [6, 6.07) is 12.0. The van der Waals surface area contributed by atoms with Gasteiger partial charge in [-0.1, -0.05) is 40.9 Å². The van der Waals surface area contributed by atoms with E-state index in [2.05, 4.69) is 27.3 Å². The van der Waals surface area contributed by atoms with E-state index < -0.39 is 5.54 Å². The molecule has 1 aliphatic carbocycles. The van der Waals surface area contributed by atoms with Gasteiger partial charge < -0.3 is 11.1 Å². The van der Waals surface area contributed by atoms with Gasteiger partial charge in [0.1, 0.15) is 0 Å². The first kappa shape index (κ1) is 13.6. The SMILES string of the molecule is NC1(C(=O)Nc2ccc3cc(Br)ccc3c2)CCCC1. The topological polar surface area (TPSA) is 55.1 Å². The fourth-order valence-electron chi connectivity index (χ4n) is 2.78. The maximum absolute atomic E-state index is 12.3. The van der Waals surface area contributed by atoms with Crippen LogP contribution in [0.2, 0.25) is 0 Å². The van der Waals surface area contributed by atoms with Crippen LogP contribution in [0.25, 0.3) is 10.8 Å². The largest absolute Gasteiger partial charge is 0.324 e. The molecule has 3 nitrogen and oxygen atoms in total. The zero-order valence-corrected chi connectivity index (χ0v) is 12.7. The van der Waals surface area contributed by atoms with E-state index >= 15 is 0 Å². The molecule has 0 aliphatic heterocycles. The summed E-state index contributed by atoms with van der Waals surface area (Å²) in [6.45, 7) is 0. The molecule has 1 amide bonds. The molecule has 2 aromatic rings. The van der Waals surface area contributed by atoms with Crippen molar-refractivity contribution in [3.05, 3.63) is 40.9 Å². The van der Waals surface area contributed by atoms with Gasteiger partial charge in [-0.05, 0) is 47.9 Å². The highest BCUT2D eigenvalue weighted by Gasteiger charge is 2.36. The zero-order chi connectivity index (χ0) is 14.2. The second-order valence-corrected chi connectivity index (χ2v) is 6.44. The van der Waals surface area contributed by atoms with Crippen molar-refractivity contribution < 1.29 is 4.79 Å². The first-order valence-corrected chi connectivity index (χ1v) is 7.66. The Morgan fingerprint density at radius 1 is 1.10 bits per heavy atom. The van der Waals surface area contributed by atoms with Crippen LogP contribution in [0.1, 0.15) is 25.7 Å². The van der Waals surface area contributed by atoms with Crippen LogP contribution in [0, 0.1) is 0 Å². The van der Waals surface area contributed by atoms with E-state index in [1.54, 1.807) is 0 Å². The molecule has 0 heterocycles. The van der Waals surface area contributed by atoms with Crippen molar-refractivity contribution in [1.82, 2.24) is 0 Å². The first-order chi connectivity index (χ1) is 9.57. The molecule has 20 heavy (non-hydrogen) atoms. The van der Waals surface area contributed by atoms with Gasteiger partial charge in [0.15, 0.2) is 0 Å². The van der Waals surface area contributed by atoms with Gasteiger partial charge in [-0.15, -0.1) is 0 Å². The molecule has 0 spiro atoms. The molecule has 0 saturated heterocycles. The third-order valence-electron chi connectivity index (χ3n) is 4.01. The molecule has 0 aromatic heterocycles. The quantitative estimate of drug-likeness (QED) is 0.878. The Bertz CT molecular complexity index is 663. The summed E-state index contributed by atoms with van der Waals surface area (Å²) in [4.78, 5) is 12.3. The number of fused-ring (bicyclic) bond motifs is 1. The zero-order valence-electron chi connectivity index (χ0n) is 11.2. The molecule has 2 aromatic carbocycles. The van der Waals surface area contributed by atoms with Crippen molar-refractivity contribution in [3.8, 4) is 0 Å². The number of anilines is 1. The Labute approximate surface area is 126 Å². The van der Waals surface area contributed by atoms with Crippen molar-refractivity contribution in [1.29, 1.82) is 0 Å². The summed E-state index contributed by atoms with van der Waals surface area (Å²) in [6.07, 6.45) is 3.63. The average molecular weight is 333 g/mol. The van der Waals surface area contributed by atoms with Crippen LogP contribution in [0.5, 0.6) is 0 Å². The van der Waals surface area contributed by atoms with E-state index in [9.17, 15) is 4.79 Å². The molecule has 0 atom stereocenters. The molecular weight excluding hydrogens is 316 g/mol. The lowest BCUT2D eigenvalue weighted by Gasteiger charge is -2.22. The van der Waals surface area contributed by atoms with Gasteiger partial charge in [-0.3, -0.25) is 4.79 Å². The minimum atomic E-state index is -0.686. The predicted octanol–water partition coefficient (Wildman–Crippen LogP) is 3.81. The summed E-state index contributed by atoms with van der Waals surface area (Å²) >= 11 is 3.46. The second kappa shape index (κ2) is 5.19. The van der Waals surface area contributed by atoms with Gasteiger partial charge >= 0.3 is 0 Å². The predicted molar refractivity (Wildman–Crippen MR) is 85.7 cm³/mol. The average Bonchev–Trinajstić information content (AvgIpc) is 2.87. The van der Waals surface area contributed by atoms with Gasteiger partial charge in [-0.2, -0.15) is 0 Å². The lowest BCUT2D eigenvalue weighted by atomic mass is 9.98. The summed E-state index contributed by atoms with van der Waals surface area (Å²) in [5.74, 6) is -0.0635. The Balaban J connectivity index is 1.84. The molecule has 1 saturated carbocycles. The highest BCUT2D eigenvalue weighted by atomic mass is 79.9. The molecular formula is C16H17BrN2O. The number of nitrogens with two attached hydrogens (primary N) is 1. The standard InChI is InChI=1S/C16H17BrN2O/c17-13-5-3-12-10-14(6-4-11(12)9-13)19-15(20)16(18)7-1-2-8-16/h3-6,9-10H,1-2,7-8,18H2,(H,19,20). The first-order valence-electron chi connectivity index (χ1n) is 6.86. The third kappa shape index (κ3) is 2.58. The van der Waals surface area contributed by atoms with Crippen molar-refractivity contribution in [2.75, 3.05) is 5.32 Å². The van der Waals surface area contributed by atoms with Gasteiger partial charge in [0.05, 0.1) is 5.54 Å². The van der Waals surface area contributed by atoms with Crippen LogP contribution in [-0.2, 0) is 4.79 Å². The fraction of sp³-hybridized carbons (Fsp3) is 0.312. The molecule has 104 valence electrons. The Hall–Kier alpha value is -1.39. The lowest BCUT2D eigenvalue weighted by molar-refractivity contribution is -0.121. The number of halogens is 1. The maximum Gasteiger partial charge on any atom is 0.244 e. The molecule has 0 radical (unpaired) electrons. The monoisotopic (exact) mass is 332 g/mol. The number of hydrogen-bond acceptors (Lipinski definition) is 2. The lowest BCUT2D eigenvalue weighted by Crippen LogP contribution is -2.48. The van der Waals surface area contributed by atoms with Crippen molar-refractivity contribution >= 4 is 38.3 Å². The number of rotatable bonds is 2. The maximum atomic E-state index is 12.3. The molecule has 4 heteroatoms. The molecule has 3 rings (SSSR count). The van der Waals surface area contributed by atoms with E-state index in [1.807, 2.05) is 30.3 Å². The second-order valence-electron chi connectivity index (χ2n) is 5.52. The minimum absolute atomic E-state index is 0.0635. The number of amides is 1. The van der Waals surface area contributed by atoms with E-state index in [4.69, 9.17) is 5.73 Å². The molecule has 3 N–H and O–H groups in total. The number of carbonyl (C=O) groups excluding carboxylic acids is 1. The summed E-state index contributed by atoms with van der Waals surface area (Å²) in [5, 5.41) is 5.20. The van der Waals surface area contributed by atoms with E-state index in [0.29, 0.717) is 0 Å². The Kier molecular flexibility index (Phi) is 3.52. The molecule has 1 fully saturated rings. The third-order valence-corrected chi connectivity index (χ3v) is 4.50. The van der Waals surface area contributed by atoms with E-state index in [-0.39, 0.29) is 5.91 Å². The summed E-state index contributed by atoms with van der Waals surface area (Å²) < 4.78 is 1.05. The number of hydrogen-bond donors (Lipinski definition) is 2. The number of benzene rings is 2. The Morgan fingerprint density at radius 3 is 2.50 bits per heavy atom. The fourth-order valence-corrected chi connectivity index (χ4v) is 3.16. The number of carbonyl (C=O) groups is 1. The van der Waals surface area contributed by atoms with Crippen LogP contribution >= 0.6 is 15.9 Å². The molecule has 0 unspecified atom stereocenters. The van der Waals surface area contributed by atoms with Crippen molar-refractivity contribution in [2.24, 2.45) is 5.73 Å². The number of nitrogens with one attached hydrogen (secondary N) is 1. The van der Waals surface area contributed by atoms with E-state index in [0.717, 1.165) is 46.6 Å². The van der Waals surface area contributed by atoms with Crippen LogP contribution in [0.15, 0.2) is 40.9 Å². The smallest absolute Gasteiger partial charge is 0.244 e. The molecule has 0 bridgehead atoms. The minimum Gasteiger partial charge on any atom is -0.324 e. The van der Waals surface area contributed by atoms with E-state index in [1.165, 1.54) is 0 Å². The van der Waals surface area contributed by atoms with Gasteiger partial charge in [0.2, 0.25) is 5.91 Å². The highest BCUT2D eigenvalue weighted by molar-refractivity contribution is 9.10. The summed E-state index contributed by atoms with van der Waals surface area (Å²) in [5.41, 5.74) is 6.29. The summed E-state index contributed by atoms with van der Waals surface area (Å²) in [7, 11) is 0. The van der Waals surface area contributed by atoms with Gasteiger partial charge in [0, 0.05) is 10.2 Å². The van der Waals surface area contributed by atoms with Crippen LogP contribution < -0.4 is 11.1 Å². The Morgan fingerprint density at radius 2 is 1.75 bits per heavy atom. The van der Waals surface area contributed by atoms with Gasteiger partial charge in [0.25, 0.3) is 0 Å². The van der Waals surface area contributed by atoms with Crippen LogP contribution in [-0.4, -0.2) is 11.4 Å².